The molecule has 0 aliphatic carbocycles. The van der Waals surface area contributed by atoms with Crippen molar-refractivity contribution in [3.05, 3.63) is 35.9 Å². The van der Waals surface area contributed by atoms with Crippen LogP contribution < -0.4 is 5.32 Å². The molecule has 1 heterocycles. The predicted molar refractivity (Wildman–Crippen MR) is 80.1 cm³/mol. The molecule has 0 saturated carbocycles. The Morgan fingerprint density at radius 2 is 1.95 bits per heavy atom. The summed E-state index contributed by atoms with van der Waals surface area (Å²) in [4.78, 5) is 36.5. The van der Waals surface area contributed by atoms with Gasteiger partial charge in [-0.05, 0) is 11.5 Å². The van der Waals surface area contributed by atoms with E-state index in [1.165, 1.54) is 4.90 Å². The van der Waals surface area contributed by atoms with Gasteiger partial charge >= 0.3 is 5.97 Å². The molecule has 1 fully saturated rings. The Hall–Kier alpha value is -2.37. The monoisotopic (exact) mass is 304 g/mol. The topological polar surface area (TPSA) is 86.7 Å². The molecule has 2 N–H and O–H groups in total. The molecule has 2 atom stereocenters. The Balaban J connectivity index is 1.88. The molecule has 0 bridgehead atoms. The van der Waals surface area contributed by atoms with Crippen LogP contribution in [0.15, 0.2) is 30.3 Å². The summed E-state index contributed by atoms with van der Waals surface area (Å²) in [5.41, 5.74) is 0.870. The number of rotatable bonds is 6. The van der Waals surface area contributed by atoms with E-state index in [-0.39, 0.29) is 30.7 Å². The largest absolute Gasteiger partial charge is 0.480 e. The minimum absolute atomic E-state index is 0.178. The molecule has 0 unspecified atom stereocenters. The first-order chi connectivity index (χ1) is 10.4. The van der Waals surface area contributed by atoms with E-state index in [9.17, 15) is 19.5 Å². The predicted octanol–water partition coefficient (Wildman–Crippen LogP) is 0.665. The number of hydrogen-bond acceptors (Lipinski definition) is 3. The zero-order valence-corrected chi connectivity index (χ0v) is 12.7. The summed E-state index contributed by atoms with van der Waals surface area (Å²) >= 11 is 0. The fourth-order valence-corrected chi connectivity index (χ4v) is 2.62. The molecule has 1 aliphatic rings. The van der Waals surface area contributed by atoms with E-state index in [0.29, 0.717) is 0 Å². The third-order valence-electron chi connectivity index (χ3n) is 3.72. The molecule has 2 amide bonds. The van der Waals surface area contributed by atoms with Crippen LogP contribution in [0.5, 0.6) is 0 Å². The van der Waals surface area contributed by atoms with Crippen LogP contribution in [0.4, 0.5) is 0 Å². The minimum atomic E-state index is -1.02. The Morgan fingerprint density at radius 3 is 2.45 bits per heavy atom. The maximum atomic E-state index is 12.0. The number of carboxylic acid groups (broad SMARTS) is 1. The third kappa shape index (κ3) is 3.44. The Morgan fingerprint density at radius 1 is 1.32 bits per heavy atom. The first-order valence-electron chi connectivity index (χ1n) is 7.26. The van der Waals surface area contributed by atoms with Crippen molar-refractivity contribution in [2.45, 2.75) is 32.4 Å². The molecule has 1 saturated heterocycles. The number of aliphatic carboxylic acids is 1. The summed E-state index contributed by atoms with van der Waals surface area (Å²) < 4.78 is 0. The lowest BCUT2D eigenvalue weighted by molar-refractivity contribution is -0.162. The van der Waals surface area contributed by atoms with Gasteiger partial charge in [0.2, 0.25) is 11.8 Å². The highest BCUT2D eigenvalue weighted by Gasteiger charge is 2.45. The second-order valence-corrected chi connectivity index (χ2v) is 5.80. The van der Waals surface area contributed by atoms with Crippen LogP contribution in [-0.2, 0) is 20.8 Å². The number of amides is 2. The average Bonchev–Trinajstić information content (AvgIpc) is 2.46. The summed E-state index contributed by atoms with van der Waals surface area (Å²) in [6.45, 7) is 3.76. The van der Waals surface area contributed by atoms with Gasteiger partial charge in [-0.1, -0.05) is 44.2 Å². The molecule has 22 heavy (non-hydrogen) atoms. The van der Waals surface area contributed by atoms with Crippen LogP contribution in [-0.4, -0.2) is 46.4 Å². The molecule has 6 heteroatoms. The lowest BCUT2D eigenvalue weighted by Crippen LogP contribution is -2.68. The number of nitrogens with one attached hydrogen (secondary N) is 1. The van der Waals surface area contributed by atoms with E-state index >= 15 is 0 Å². The second-order valence-electron chi connectivity index (χ2n) is 5.80. The maximum absolute atomic E-state index is 12.0. The van der Waals surface area contributed by atoms with E-state index in [2.05, 4.69) is 5.32 Å². The van der Waals surface area contributed by atoms with E-state index in [1.807, 2.05) is 30.3 Å². The van der Waals surface area contributed by atoms with Gasteiger partial charge < -0.3 is 15.3 Å². The van der Waals surface area contributed by atoms with E-state index < -0.39 is 18.1 Å². The number of hydrogen-bond donors (Lipinski definition) is 2. The van der Waals surface area contributed by atoms with Gasteiger partial charge in [0.1, 0.15) is 12.1 Å². The summed E-state index contributed by atoms with van der Waals surface area (Å²) in [5, 5.41) is 11.8. The molecule has 1 aromatic carbocycles. The molecule has 1 aliphatic heterocycles. The van der Waals surface area contributed by atoms with E-state index in [4.69, 9.17) is 0 Å². The lowest BCUT2D eigenvalue weighted by atomic mass is 9.96. The smallest absolute Gasteiger partial charge is 0.326 e. The summed E-state index contributed by atoms with van der Waals surface area (Å²) in [6, 6.07) is 7.79. The molecule has 118 valence electrons. The van der Waals surface area contributed by atoms with E-state index in [1.54, 1.807) is 13.8 Å². The number of carbonyl (C=O) groups is 3. The Bertz CT molecular complexity index is 571. The van der Waals surface area contributed by atoms with Gasteiger partial charge in [-0.15, -0.1) is 0 Å². The SMILES string of the molecule is CC(C)[C@H](C(=O)O)N1C[C@H](NC(=O)Cc2ccccc2)C1=O. The minimum Gasteiger partial charge on any atom is -0.480 e. The van der Waals surface area contributed by atoms with Crippen molar-refractivity contribution in [1.82, 2.24) is 10.2 Å². The third-order valence-corrected chi connectivity index (χ3v) is 3.72. The van der Waals surface area contributed by atoms with Gasteiger partial charge in [0, 0.05) is 0 Å². The van der Waals surface area contributed by atoms with Crippen LogP contribution >= 0.6 is 0 Å². The fourth-order valence-electron chi connectivity index (χ4n) is 2.62. The van der Waals surface area contributed by atoms with Crippen molar-refractivity contribution in [2.24, 2.45) is 5.92 Å². The van der Waals surface area contributed by atoms with Crippen molar-refractivity contribution in [3.8, 4) is 0 Å². The number of carbonyl (C=O) groups excluding carboxylic acids is 2. The van der Waals surface area contributed by atoms with Crippen LogP contribution in [0.2, 0.25) is 0 Å². The second kappa shape index (κ2) is 6.60. The standard InChI is InChI=1S/C16H20N2O4/c1-10(2)14(16(21)22)18-9-12(15(18)20)17-13(19)8-11-6-4-3-5-7-11/h3-7,10,12,14H,8-9H2,1-2H3,(H,17,19)(H,21,22)/t12-,14+/m0/s1. The van der Waals surface area contributed by atoms with Crippen LogP contribution in [0.3, 0.4) is 0 Å². The number of likely N-dealkylation sites (tertiary alicyclic amines) is 1. The van der Waals surface area contributed by atoms with Gasteiger partial charge in [0.25, 0.3) is 0 Å². The first kappa shape index (κ1) is 16.0. The van der Waals surface area contributed by atoms with Gasteiger partial charge in [-0.3, -0.25) is 9.59 Å². The summed E-state index contributed by atoms with van der Waals surface area (Å²) in [5.74, 6) is -1.76. The molecule has 0 spiro atoms. The molecule has 1 aromatic rings. The Kier molecular flexibility index (Phi) is 4.80. The number of nitrogens with zero attached hydrogens (tertiary/aromatic N) is 1. The normalized spacial score (nSPS) is 18.8. The number of benzene rings is 1. The molecule has 6 nitrogen and oxygen atoms in total. The van der Waals surface area contributed by atoms with Crippen LogP contribution in [0.1, 0.15) is 19.4 Å². The van der Waals surface area contributed by atoms with Crippen LogP contribution in [0.25, 0.3) is 0 Å². The Labute approximate surface area is 129 Å². The van der Waals surface area contributed by atoms with Gasteiger partial charge in [0.05, 0.1) is 13.0 Å². The van der Waals surface area contributed by atoms with Crippen molar-refractivity contribution >= 4 is 17.8 Å². The number of β-lactam (4-membered cyclic amide) rings is 1. The van der Waals surface area contributed by atoms with Gasteiger partial charge in [-0.25, -0.2) is 4.79 Å². The highest BCUT2D eigenvalue weighted by molar-refractivity contribution is 5.95. The van der Waals surface area contributed by atoms with Gasteiger partial charge in [0.15, 0.2) is 0 Å². The van der Waals surface area contributed by atoms with Crippen LogP contribution in [0, 0.1) is 5.92 Å². The van der Waals surface area contributed by atoms with Crippen molar-refractivity contribution in [2.75, 3.05) is 6.54 Å². The van der Waals surface area contributed by atoms with Crippen molar-refractivity contribution in [3.63, 3.8) is 0 Å². The highest BCUT2D eigenvalue weighted by atomic mass is 16.4. The molecule has 0 aromatic heterocycles. The molecular formula is C16H20N2O4. The summed E-state index contributed by atoms with van der Waals surface area (Å²) in [7, 11) is 0. The highest BCUT2D eigenvalue weighted by Crippen LogP contribution is 2.20. The summed E-state index contributed by atoms with van der Waals surface area (Å²) in [6.07, 6.45) is 0.206. The lowest BCUT2D eigenvalue weighted by Gasteiger charge is -2.43. The first-order valence-corrected chi connectivity index (χ1v) is 7.26. The van der Waals surface area contributed by atoms with Crippen molar-refractivity contribution in [1.29, 1.82) is 0 Å². The number of carboxylic acids is 1. The maximum Gasteiger partial charge on any atom is 0.326 e. The molecule has 0 radical (unpaired) electrons. The molecular weight excluding hydrogens is 284 g/mol. The molecule has 2 rings (SSSR count). The fraction of sp³-hybridized carbons (Fsp3) is 0.438. The van der Waals surface area contributed by atoms with Gasteiger partial charge in [-0.2, -0.15) is 0 Å². The zero-order chi connectivity index (χ0) is 16.3. The zero-order valence-electron chi connectivity index (χ0n) is 12.7. The van der Waals surface area contributed by atoms with E-state index in [0.717, 1.165) is 5.56 Å². The quantitative estimate of drug-likeness (QED) is 0.756. The van der Waals surface area contributed by atoms with Crippen molar-refractivity contribution < 1.29 is 19.5 Å². The average molecular weight is 304 g/mol.